The summed E-state index contributed by atoms with van der Waals surface area (Å²) in [7, 11) is 0. The first kappa shape index (κ1) is 18.7. The van der Waals surface area contributed by atoms with Crippen molar-refractivity contribution in [2.75, 3.05) is 25.0 Å². The zero-order valence-electron chi connectivity index (χ0n) is 10.9. The molecule has 20 heavy (non-hydrogen) atoms. The Kier molecular flexibility index (Phi) is 8.94. The number of rotatable bonds is 6. The zero-order chi connectivity index (χ0) is 14.3. The average molecular weight is 367 g/mol. The van der Waals surface area contributed by atoms with Crippen molar-refractivity contribution < 1.29 is 14.3 Å². The summed E-state index contributed by atoms with van der Waals surface area (Å²) in [5, 5.41) is 5.05. The van der Waals surface area contributed by atoms with Crippen LogP contribution in [0.25, 0.3) is 0 Å². The lowest BCUT2D eigenvalue weighted by atomic mass is 10.3. The van der Waals surface area contributed by atoms with Gasteiger partial charge >= 0.3 is 0 Å². The molecular formula is C12H17BrClN3O3. The molecule has 0 aliphatic carbocycles. The molecule has 1 aromatic rings. The van der Waals surface area contributed by atoms with Gasteiger partial charge in [0, 0.05) is 4.47 Å². The highest BCUT2D eigenvalue weighted by Gasteiger charge is 2.09. The summed E-state index contributed by atoms with van der Waals surface area (Å²) in [4.78, 5) is 22.6. The van der Waals surface area contributed by atoms with E-state index in [4.69, 9.17) is 10.5 Å². The zero-order valence-corrected chi connectivity index (χ0v) is 13.3. The summed E-state index contributed by atoms with van der Waals surface area (Å²) < 4.78 is 6.27. The van der Waals surface area contributed by atoms with Gasteiger partial charge in [-0.3, -0.25) is 9.59 Å². The molecule has 8 heteroatoms. The van der Waals surface area contributed by atoms with E-state index in [0.29, 0.717) is 18.0 Å². The first-order chi connectivity index (χ1) is 9.06. The van der Waals surface area contributed by atoms with Crippen LogP contribution in [-0.4, -0.2) is 31.5 Å². The quantitative estimate of drug-likeness (QED) is 0.707. The number of hydrogen-bond donors (Lipinski definition) is 3. The SMILES string of the molecule is CCOc1cc(Br)ccc1NC(=O)CNC(=O)CN.Cl. The molecule has 0 saturated heterocycles. The van der Waals surface area contributed by atoms with Crippen molar-refractivity contribution in [2.24, 2.45) is 5.73 Å². The number of carbonyl (C=O) groups is 2. The molecule has 0 aliphatic heterocycles. The van der Waals surface area contributed by atoms with Crippen LogP contribution >= 0.6 is 28.3 Å². The van der Waals surface area contributed by atoms with Gasteiger partial charge in [0.25, 0.3) is 0 Å². The lowest BCUT2D eigenvalue weighted by Crippen LogP contribution is -2.36. The first-order valence-corrected chi connectivity index (χ1v) is 6.55. The van der Waals surface area contributed by atoms with Gasteiger partial charge in [0.05, 0.1) is 25.4 Å². The smallest absolute Gasteiger partial charge is 0.243 e. The number of amides is 2. The molecule has 0 aliphatic rings. The third-order valence-electron chi connectivity index (χ3n) is 2.15. The fraction of sp³-hybridized carbons (Fsp3) is 0.333. The Hall–Kier alpha value is -1.31. The fourth-order valence-corrected chi connectivity index (χ4v) is 1.66. The first-order valence-electron chi connectivity index (χ1n) is 5.75. The number of carbonyl (C=O) groups excluding carboxylic acids is 2. The van der Waals surface area contributed by atoms with Crippen molar-refractivity contribution in [2.45, 2.75) is 6.92 Å². The van der Waals surface area contributed by atoms with Crippen LogP contribution in [0.1, 0.15) is 6.92 Å². The molecule has 0 bridgehead atoms. The maximum absolute atomic E-state index is 11.6. The summed E-state index contributed by atoms with van der Waals surface area (Å²) in [6, 6.07) is 5.27. The van der Waals surface area contributed by atoms with E-state index >= 15 is 0 Å². The van der Waals surface area contributed by atoms with Gasteiger partial charge in [-0.1, -0.05) is 15.9 Å². The van der Waals surface area contributed by atoms with E-state index in [1.165, 1.54) is 0 Å². The van der Waals surface area contributed by atoms with Crippen molar-refractivity contribution in [3.8, 4) is 5.75 Å². The molecular weight excluding hydrogens is 350 g/mol. The highest BCUT2D eigenvalue weighted by atomic mass is 79.9. The summed E-state index contributed by atoms with van der Waals surface area (Å²) in [6.07, 6.45) is 0. The van der Waals surface area contributed by atoms with E-state index in [1.54, 1.807) is 18.2 Å². The Labute approximate surface area is 132 Å². The summed E-state index contributed by atoms with van der Waals surface area (Å²) in [5.74, 6) is -0.156. The van der Waals surface area contributed by atoms with Crippen LogP contribution in [0.2, 0.25) is 0 Å². The minimum Gasteiger partial charge on any atom is -0.492 e. The fourth-order valence-electron chi connectivity index (χ4n) is 1.32. The topological polar surface area (TPSA) is 93.5 Å². The number of nitrogens with one attached hydrogen (secondary N) is 2. The average Bonchev–Trinajstić information content (AvgIpc) is 2.39. The summed E-state index contributed by atoms with van der Waals surface area (Å²) in [5.41, 5.74) is 5.68. The van der Waals surface area contributed by atoms with E-state index in [0.717, 1.165) is 4.47 Å². The number of nitrogens with two attached hydrogens (primary N) is 1. The predicted molar refractivity (Wildman–Crippen MR) is 83.3 cm³/mol. The van der Waals surface area contributed by atoms with Gasteiger partial charge in [-0.25, -0.2) is 0 Å². The number of ether oxygens (including phenoxy) is 1. The molecule has 0 saturated carbocycles. The minimum atomic E-state index is -0.379. The highest BCUT2D eigenvalue weighted by molar-refractivity contribution is 9.10. The number of anilines is 1. The Morgan fingerprint density at radius 2 is 2.05 bits per heavy atom. The third-order valence-corrected chi connectivity index (χ3v) is 2.64. The van der Waals surface area contributed by atoms with Gasteiger partial charge in [-0.15, -0.1) is 12.4 Å². The maximum Gasteiger partial charge on any atom is 0.243 e. The molecule has 1 aromatic carbocycles. The van der Waals surface area contributed by atoms with Crippen LogP contribution < -0.4 is 21.1 Å². The van der Waals surface area contributed by atoms with Gasteiger partial charge < -0.3 is 21.1 Å². The van der Waals surface area contributed by atoms with Crippen LogP contribution in [0.5, 0.6) is 5.75 Å². The Morgan fingerprint density at radius 1 is 1.35 bits per heavy atom. The van der Waals surface area contributed by atoms with Crippen LogP contribution in [0.4, 0.5) is 5.69 Å². The molecule has 0 radical (unpaired) electrons. The number of benzene rings is 1. The standard InChI is InChI=1S/C12H16BrN3O3.ClH/c1-2-19-10-5-8(13)3-4-9(10)16-12(18)7-15-11(17)6-14;/h3-5H,2,6-7,14H2,1H3,(H,15,17)(H,16,18);1H. The third kappa shape index (κ3) is 6.23. The van der Waals surface area contributed by atoms with Crippen molar-refractivity contribution in [3.05, 3.63) is 22.7 Å². The van der Waals surface area contributed by atoms with E-state index < -0.39 is 0 Å². The maximum atomic E-state index is 11.6. The van der Waals surface area contributed by atoms with Crippen molar-refractivity contribution in [3.63, 3.8) is 0 Å². The molecule has 4 N–H and O–H groups in total. The van der Waals surface area contributed by atoms with E-state index in [1.807, 2.05) is 6.92 Å². The minimum absolute atomic E-state index is 0. The Bertz CT molecular complexity index is 471. The Morgan fingerprint density at radius 3 is 2.65 bits per heavy atom. The van der Waals surface area contributed by atoms with Gasteiger partial charge in [0.2, 0.25) is 11.8 Å². The van der Waals surface area contributed by atoms with Crippen molar-refractivity contribution in [1.82, 2.24) is 5.32 Å². The summed E-state index contributed by atoms with van der Waals surface area (Å²) in [6.45, 7) is 2.07. The monoisotopic (exact) mass is 365 g/mol. The molecule has 0 unspecified atom stereocenters. The van der Waals surface area contributed by atoms with E-state index in [9.17, 15) is 9.59 Å². The van der Waals surface area contributed by atoms with Crippen molar-refractivity contribution in [1.29, 1.82) is 0 Å². The van der Waals surface area contributed by atoms with Gasteiger partial charge in [-0.05, 0) is 25.1 Å². The van der Waals surface area contributed by atoms with Crippen molar-refractivity contribution >= 4 is 45.8 Å². The molecule has 0 spiro atoms. The largest absolute Gasteiger partial charge is 0.492 e. The van der Waals surface area contributed by atoms with Crippen LogP contribution in [0, 0.1) is 0 Å². The van der Waals surface area contributed by atoms with Gasteiger partial charge in [-0.2, -0.15) is 0 Å². The number of hydrogen-bond acceptors (Lipinski definition) is 4. The Balaban J connectivity index is 0.00000361. The predicted octanol–water partition coefficient (Wildman–Crippen LogP) is 1.28. The molecule has 0 aromatic heterocycles. The second kappa shape index (κ2) is 9.57. The highest BCUT2D eigenvalue weighted by Crippen LogP contribution is 2.28. The van der Waals surface area contributed by atoms with Crippen LogP contribution in [-0.2, 0) is 9.59 Å². The molecule has 0 atom stereocenters. The second-order valence-corrected chi connectivity index (χ2v) is 4.52. The molecule has 112 valence electrons. The number of halogens is 2. The van der Waals surface area contributed by atoms with Crippen LogP contribution in [0.3, 0.4) is 0 Å². The second-order valence-electron chi connectivity index (χ2n) is 3.60. The molecule has 2 amide bonds. The molecule has 6 nitrogen and oxygen atoms in total. The molecule has 0 fully saturated rings. The molecule has 1 rings (SSSR count). The normalized spacial score (nSPS) is 9.35. The summed E-state index contributed by atoms with van der Waals surface area (Å²) >= 11 is 3.33. The lowest BCUT2D eigenvalue weighted by molar-refractivity contribution is -0.123. The van der Waals surface area contributed by atoms with E-state index in [-0.39, 0.29) is 37.3 Å². The van der Waals surface area contributed by atoms with Gasteiger partial charge in [0.15, 0.2) is 0 Å². The van der Waals surface area contributed by atoms with E-state index in [2.05, 4.69) is 26.6 Å². The molecule has 0 heterocycles. The van der Waals surface area contributed by atoms with Crippen LogP contribution in [0.15, 0.2) is 22.7 Å². The lowest BCUT2D eigenvalue weighted by Gasteiger charge is -2.12. The van der Waals surface area contributed by atoms with Gasteiger partial charge in [0.1, 0.15) is 5.75 Å².